The summed E-state index contributed by atoms with van der Waals surface area (Å²) in [5, 5.41) is 0. The molecular weight excluding hydrogens is 468 g/mol. The molecule has 0 radical (unpaired) electrons. The van der Waals surface area contributed by atoms with Crippen LogP contribution in [0, 0.1) is 11.7 Å². The number of carbonyl (C=O) groups is 2. The summed E-state index contributed by atoms with van der Waals surface area (Å²) in [6, 6.07) is 3.53. The van der Waals surface area contributed by atoms with Crippen molar-refractivity contribution >= 4 is 11.8 Å². The topological polar surface area (TPSA) is 102 Å². The van der Waals surface area contributed by atoms with E-state index in [0.29, 0.717) is 55.6 Å². The number of aromatic nitrogens is 2. The van der Waals surface area contributed by atoms with Crippen LogP contribution in [0.1, 0.15) is 49.9 Å². The highest BCUT2D eigenvalue weighted by Crippen LogP contribution is 2.25. The first-order valence-electron chi connectivity index (χ1n) is 12.4. The quantitative estimate of drug-likeness (QED) is 0.596. The molecular formula is C26H33F2N5O3. The first kappa shape index (κ1) is 25.9. The largest absolute Gasteiger partial charge is 0.476 e. The molecule has 8 nitrogen and oxygen atoms in total. The number of likely N-dealkylation sites (tertiary alicyclic amines) is 2. The predicted octanol–water partition coefficient (Wildman–Crippen LogP) is 3.21. The van der Waals surface area contributed by atoms with Gasteiger partial charge in [-0.25, -0.2) is 18.7 Å². The number of alkyl halides is 1. The van der Waals surface area contributed by atoms with E-state index in [4.69, 9.17) is 10.5 Å². The molecule has 2 amide bonds. The monoisotopic (exact) mass is 501 g/mol. The molecule has 1 atom stereocenters. The zero-order valence-corrected chi connectivity index (χ0v) is 20.8. The van der Waals surface area contributed by atoms with Gasteiger partial charge in [0.2, 0.25) is 11.8 Å². The lowest BCUT2D eigenvalue weighted by Crippen LogP contribution is -2.43. The fourth-order valence-electron chi connectivity index (χ4n) is 4.89. The van der Waals surface area contributed by atoms with Gasteiger partial charge in [-0.05, 0) is 70.7 Å². The van der Waals surface area contributed by atoms with Gasteiger partial charge in [0.05, 0.1) is 30.3 Å². The number of amides is 2. The molecule has 2 N–H and O–H groups in total. The zero-order chi connectivity index (χ0) is 25.9. The second-order valence-electron chi connectivity index (χ2n) is 10.2. The van der Waals surface area contributed by atoms with E-state index in [1.807, 2.05) is 0 Å². The minimum Gasteiger partial charge on any atom is -0.476 e. The van der Waals surface area contributed by atoms with Gasteiger partial charge >= 0.3 is 0 Å². The van der Waals surface area contributed by atoms with Gasteiger partial charge in [0.1, 0.15) is 17.5 Å². The Kier molecular flexibility index (Phi) is 7.82. The summed E-state index contributed by atoms with van der Waals surface area (Å²) in [5.74, 6) is -1.08. The van der Waals surface area contributed by atoms with Crippen molar-refractivity contribution in [1.82, 2.24) is 19.8 Å². The minimum absolute atomic E-state index is 0.110. The van der Waals surface area contributed by atoms with Crippen molar-refractivity contribution in [3.8, 4) is 17.1 Å². The molecule has 2 aromatic rings. The number of hydrogen-bond donors (Lipinski definition) is 1. The molecule has 0 aliphatic carbocycles. The second kappa shape index (κ2) is 10.9. The molecule has 1 aromatic heterocycles. The first-order chi connectivity index (χ1) is 17.1. The van der Waals surface area contributed by atoms with Crippen LogP contribution >= 0.6 is 0 Å². The highest BCUT2D eigenvalue weighted by atomic mass is 19.1. The van der Waals surface area contributed by atoms with E-state index in [1.54, 1.807) is 19.9 Å². The van der Waals surface area contributed by atoms with Crippen LogP contribution in [-0.4, -0.2) is 76.1 Å². The molecule has 36 heavy (non-hydrogen) atoms. The number of carbonyl (C=O) groups excluding carboxylic acids is 2. The summed E-state index contributed by atoms with van der Waals surface area (Å²) in [6.45, 7) is 6.21. The van der Waals surface area contributed by atoms with Gasteiger partial charge in [0.25, 0.3) is 5.91 Å². The van der Waals surface area contributed by atoms with Gasteiger partial charge in [0, 0.05) is 18.7 Å². The molecule has 1 unspecified atom stereocenters. The van der Waals surface area contributed by atoms with Crippen molar-refractivity contribution in [2.75, 3.05) is 32.8 Å². The Bertz CT molecular complexity index is 1080. The number of hydrogen-bond acceptors (Lipinski definition) is 6. The van der Waals surface area contributed by atoms with Gasteiger partial charge in [-0.2, -0.15) is 0 Å². The summed E-state index contributed by atoms with van der Waals surface area (Å²) in [5.41, 5.74) is 4.99. The number of nitrogens with two attached hydrogens (primary N) is 1. The number of nitrogens with zero attached hydrogens (tertiary/aromatic N) is 4. The Hall–Kier alpha value is -3.14. The van der Waals surface area contributed by atoms with E-state index in [2.05, 4.69) is 14.9 Å². The summed E-state index contributed by atoms with van der Waals surface area (Å²) >= 11 is 0. The third kappa shape index (κ3) is 6.34. The number of piperidine rings is 1. The van der Waals surface area contributed by atoms with Crippen LogP contribution in [0.3, 0.4) is 0 Å². The number of rotatable bonds is 8. The minimum atomic E-state index is -1.19. The van der Waals surface area contributed by atoms with Crippen LogP contribution in [0.4, 0.5) is 8.78 Å². The van der Waals surface area contributed by atoms with Gasteiger partial charge in [-0.1, -0.05) is 6.07 Å². The molecule has 4 rings (SSSR count). The maximum Gasteiger partial charge on any atom is 0.257 e. The van der Waals surface area contributed by atoms with Crippen LogP contribution in [0.5, 0.6) is 5.88 Å². The highest BCUT2D eigenvalue weighted by Gasteiger charge is 2.34. The van der Waals surface area contributed by atoms with Crippen LogP contribution in [0.25, 0.3) is 11.3 Å². The SMILES string of the molecule is CC(C)(F)CN1CCC(COc2cnc(-c3ccc(C(=O)N4CCCC4C(N)=O)c(F)c3)cn2)CC1. The summed E-state index contributed by atoms with van der Waals surface area (Å²) in [6.07, 6.45) is 6.00. The van der Waals surface area contributed by atoms with Gasteiger partial charge in [0.15, 0.2) is 0 Å². The Balaban J connectivity index is 1.32. The van der Waals surface area contributed by atoms with Crippen molar-refractivity contribution in [2.45, 2.75) is 51.2 Å². The third-order valence-electron chi connectivity index (χ3n) is 6.74. The van der Waals surface area contributed by atoms with Crippen LogP contribution < -0.4 is 10.5 Å². The summed E-state index contributed by atoms with van der Waals surface area (Å²) < 4.78 is 34.5. The fraction of sp³-hybridized carbons (Fsp3) is 0.538. The lowest BCUT2D eigenvalue weighted by atomic mass is 9.97. The molecule has 10 heteroatoms. The Labute approximate surface area is 209 Å². The van der Waals surface area contributed by atoms with Crippen molar-refractivity contribution in [3.05, 3.63) is 42.0 Å². The van der Waals surface area contributed by atoms with E-state index in [1.165, 1.54) is 29.4 Å². The molecule has 2 fully saturated rings. The van der Waals surface area contributed by atoms with E-state index in [-0.39, 0.29) is 5.56 Å². The average Bonchev–Trinajstić information content (AvgIpc) is 3.33. The highest BCUT2D eigenvalue weighted by molar-refractivity contribution is 5.98. The van der Waals surface area contributed by atoms with Crippen molar-refractivity contribution in [1.29, 1.82) is 0 Å². The number of ether oxygens (including phenoxy) is 1. The lowest BCUT2D eigenvalue weighted by molar-refractivity contribution is -0.121. The maximum absolute atomic E-state index is 14.8. The molecule has 2 saturated heterocycles. The normalized spacial score (nSPS) is 19.4. The smallest absolute Gasteiger partial charge is 0.257 e. The molecule has 2 aliphatic rings. The summed E-state index contributed by atoms with van der Waals surface area (Å²) in [7, 11) is 0. The van der Waals surface area contributed by atoms with Crippen LogP contribution in [0.15, 0.2) is 30.6 Å². The molecule has 2 aliphatic heterocycles. The van der Waals surface area contributed by atoms with Crippen LogP contribution in [-0.2, 0) is 4.79 Å². The van der Waals surface area contributed by atoms with Gasteiger partial charge in [-0.3, -0.25) is 9.59 Å². The molecule has 0 saturated carbocycles. The maximum atomic E-state index is 14.8. The first-order valence-corrected chi connectivity index (χ1v) is 12.4. The molecule has 0 bridgehead atoms. The van der Waals surface area contributed by atoms with Crippen LogP contribution in [0.2, 0.25) is 0 Å². The lowest BCUT2D eigenvalue weighted by Gasteiger charge is -2.34. The molecule has 194 valence electrons. The van der Waals surface area contributed by atoms with Crippen molar-refractivity contribution in [3.63, 3.8) is 0 Å². The Morgan fingerprint density at radius 1 is 1.14 bits per heavy atom. The third-order valence-corrected chi connectivity index (χ3v) is 6.74. The Morgan fingerprint density at radius 2 is 1.89 bits per heavy atom. The van der Waals surface area contributed by atoms with Gasteiger partial charge < -0.3 is 20.3 Å². The van der Waals surface area contributed by atoms with Gasteiger partial charge in [-0.15, -0.1) is 0 Å². The van der Waals surface area contributed by atoms with E-state index >= 15 is 0 Å². The number of benzene rings is 1. The second-order valence-corrected chi connectivity index (χ2v) is 10.2. The Morgan fingerprint density at radius 3 is 2.50 bits per heavy atom. The van der Waals surface area contributed by atoms with E-state index < -0.39 is 29.3 Å². The van der Waals surface area contributed by atoms with Crippen molar-refractivity contribution in [2.24, 2.45) is 11.7 Å². The number of halogens is 2. The molecule has 1 aromatic carbocycles. The predicted molar refractivity (Wildman–Crippen MR) is 131 cm³/mol. The fourth-order valence-corrected chi connectivity index (χ4v) is 4.89. The molecule has 0 spiro atoms. The number of primary amides is 1. The van der Waals surface area contributed by atoms with E-state index in [0.717, 1.165) is 25.9 Å². The van der Waals surface area contributed by atoms with Crippen molar-refractivity contribution < 1.29 is 23.1 Å². The zero-order valence-electron chi connectivity index (χ0n) is 20.8. The standard InChI is InChI=1S/C26H33F2N5O3/c1-26(2,28)16-32-10-7-17(8-11-32)15-36-23-14-30-21(13-31-23)18-5-6-19(20(27)12-18)25(35)33-9-3-4-22(33)24(29)34/h5-6,12-14,17,22H,3-4,7-11,15-16H2,1-2H3,(H2,29,34). The summed E-state index contributed by atoms with van der Waals surface area (Å²) in [4.78, 5) is 36.5. The van der Waals surface area contributed by atoms with E-state index in [9.17, 15) is 18.4 Å². The average molecular weight is 502 g/mol. The molecule has 3 heterocycles.